The maximum Gasteiger partial charge on any atom is 0.182 e. The maximum atomic E-state index is 4.19. The van der Waals surface area contributed by atoms with Crippen molar-refractivity contribution in [2.75, 3.05) is 5.75 Å². The van der Waals surface area contributed by atoms with E-state index in [0.717, 1.165) is 28.4 Å². The molecular weight excluding hydrogens is 198 g/mol. The summed E-state index contributed by atoms with van der Waals surface area (Å²) in [7, 11) is 1.83. The van der Waals surface area contributed by atoms with Gasteiger partial charge in [0.1, 0.15) is 11.4 Å². The summed E-state index contributed by atoms with van der Waals surface area (Å²) in [5, 5.41) is 8.87. The van der Waals surface area contributed by atoms with Gasteiger partial charge in [-0.1, -0.05) is 12.1 Å². The Morgan fingerprint density at radius 2 is 2.29 bits per heavy atom. The van der Waals surface area contributed by atoms with Crippen LogP contribution in [-0.4, -0.2) is 30.7 Å². The van der Waals surface area contributed by atoms with Crippen LogP contribution in [0.1, 0.15) is 13.3 Å². The largest absolute Gasteiger partial charge is 0.230 e. The Kier molecular flexibility index (Phi) is 2.62. The fourth-order valence-corrected chi connectivity index (χ4v) is 1.92. The topological polar surface area (TPSA) is 56.5 Å². The van der Waals surface area contributed by atoms with E-state index in [1.54, 1.807) is 22.8 Å². The van der Waals surface area contributed by atoms with Crippen LogP contribution in [0.3, 0.4) is 0 Å². The lowest BCUT2D eigenvalue weighted by atomic mass is 10.5. The highest BCUT2D eigenvalue weighted by molar-refractivity contribution is 7.99. The molecule has 0 unspecified atom stereocenters. The van der Waals surface area contributed by atoms with Gasteiger partial charge in [0.2, 0.25) is 0 Å². The molecule has 74 valence electrons. The lowest BCUT2D eigenvalue weighted by molar-refractivity contribution is 0.729. The van der Waals surface area contributed by atoms with Crippen molar-refractivity contribution in [3.63, 3.8) is 0 Å². The van der Waals surface area contributed by atoms with E-state index in [4.69, 9.17) is 0 Å². The van der Waals surface area contributed by atoms with E-state index in [-0.39, 0.29) is 0 Å². The standard InChI is InChI=1S/C8H11N5S/c1-3-4-14-8-6-7(9-5-10-8)13(2)12-11-6/h5H,3-4H2,1-2H3. The number of hydrogen-bond donors (Lipinski definition) is 0. The molecule has 6 heteroatoms. The molecule has 0 radical (unpaired) electrons. The summed E-state index contributed by atoms with van der Waals surface area (Å²) in [4.78, 5) is 8.32. The highest BCUT2D eigenvalue weighted by Gasteiger charge is 2.08. The minimum atomic E-state index is 0.790. The zero-order valence-electron chi connectivity index (χ0n) is 8.14. The van der Waals surface area contributed by atoms with Gasteiger partial charge in [-0.15, -0.1) is 16.9 Å². The third kappa shape index (κ3) is 1.57. The van der Waals surface area contributed by atoms with Crippen molar-refractivity contribution in [2.24, 2.45) is 7.05 Å². The lowest BCUT2D eigenvalue weighted by Gasteiger charge is -1.97. The smallest absolute Gasteiger partial charge is 0.182 e. The fraction of sp³-hybridized carbons (Fsp3) is 0.500. The minimum Gasteiger partial charge on any atom is -0.230 e. The summed E-state index contributed by atoms with van der Waals surface area (Å²) in [6, 6.07) is 0. The Hall–Kier alpha value is -1.17. The Morgan fingerprint density at radius 1 is 1.43 bits per heavy atom. The van der Waals surface area contributed by atoms with Gasteiger partial charge in [0.15, 0.2) is 11.2 Å². The molecule has 0 saturated carbocycles. The van der Waals surface area contributed by atoms with Crippen LogP contribution in [0.5, 0.6) is 0 Å². The Labute approximate surface area is 85.9 Å². The van der Waals surface area contributed by atoms with Crippen LogP contribution in [-0.2, 0) is 7.05 Å². The van der Waals surface area contributed by atoms with Gasteiger partial charge < -0.3 is 0 Å². The summed E-state index contributed by atoms with van der Waals surface area (Å²) >= 11 is 1.70. The molecule has 0 atom stereocenters. The lowest BCUT2D eigenvalue weighted by Crippen LogP contribution is -1.92. The molecule has 2 rings (SSSR count). The van der Waals surface area contributed by atoms with Crippen LogP contribution in [0.15, 0.2) is 11.4 Å². The van der Waals surface area contributed by atoms with E-state index in [9.17, 15) is 0 Å². The molecule has 0 aliphatic carbocycles. The van der Waals surface area contributed by atoms with Gasteiger partial charge in [-0.2, -0.15) is 0 Å². The van der Waals surface area contributed by atoms with E-state index in [0.29, 0.717) is 0 Å². The molecule has 0 aliphatic heterocycles. The summed E-state index contributed by atoms with van der Waals surface area (Å²) in [6.45, 7) is 2.14. The van der Waals surface area contributed by atoms with Gasteiger partial charge in [-0.25, -0.2) is 14.6 Å². The van der Waals surface area contributed by atoms with E-state index < -0.39 is 0 Å². The molecule has 0 fully saturated rings. The number of thioether (sulfide) groups is 1. The zero-order chi connectivity index (χ0) is 9.97. The van der Waals surface area contributed by atoms with Crippen molar-refractivity contribution in [1.29, 1.82) is 0 Å². The van der Waals surface area contributed by atoms with Crippen LogP contribution in [0.25, 0.3) is 11.2 Å². The monoisotopic (exact) mass is 209 g/mol. The van der Waals surface area contributed by atoms with Gasteiger partial charge in [-0.3, -0.25) is 0 Å². The second kappa shape index (κ2) is 3.91. The van der Waals surface area contributed by atoms with E-state index >= 15 is 0 Å². The van der Waals surface area contributed by atoms with Crippen molar-refractivity contribution in [1.82, 2.24) is 25.0 Å². The van der Waals surface area contributed by atoms with Gasteiger partial charge in [0.05, 0.1) is 0 Å². The number of nitrogens with zero attached hydrogens (tertiary/aromatic N) is 5. The van der Waals surface area contributed by atoms with Crippen LogP contribution >= 0.6 is 11.8 Å². The molecule has 2 aromatic rings. The number of hydrogen-bond acceptors (Lipinski definition) is 5. The average Bonchev–Trinajstić information content (AvgIpc) is 2.58. The molecule has 0 spiro atoms. The average molecular weight is 209 g/mol. The van der Waals surface area contributed by atoms with E-state index in [2.05, 4.69) is 27.2 Å². The summed E-state index contributed by atoms with van der Waals surface area (Å²) in [5.41, 5.74) is 1.59. The molecule has 2 aromatic heterocycles. The first-order chi connectivity index (χ1) is 6.83. The highest BCUT2D eigenvalue weighted by atomic mass is 32.2. The Morgan fingerprint density at radius 3 is 3.07 bits per heavy atom. The first kappa shape index (κ1) is 9.39. The predicted molar refractivity (Wildman–Crippen MR) is 55.1 cm³/mol. The molecule has 0 aromatic carbocycles. The van der Waals surface area contributed by atoms with Crippen molar-refractivity contribution in [3.8, 4) is 0 Å². The quantitative estimate of drug-likeness (QED) is 0.562. The summed E-state index contributed by atoms with van der Waals surface area (Å²) in [6.07, 6.45) is 2.68. The number of aryl methyl sites for hydroxylation is 1. The molecule has 0 bridgehead atoms. The highest BCUT2D eigenvalue weighted by Crippen LogP contribution is 2.22. The van der Waals surface area contributed by atoms with Gasteiger partial charge in [-0.05, 0) is 12.2 Å². The van der Waals surface area contributed by atoms with Gasteiger partial charge in [0.25, 0.3) is 0 Å². The second-order valence-electron chi connectivity index (χ2n) is 2.91. The Balaban J connectivity index is 2.44. The SMILES string of the molecule is CCCSc1ncnc2c1nnn2C. The van der Waals surface area contributed by atoms with Crippen molar-refractivity contribution < 1.29 is 0 Å². The predicted octanol–water partition coefficient (Wildman–Crippen LogP) is 1.26. The first-order valence-corrected chi connectivity index (χ1v) is 5.44. The fourth-order valence-electron chi connectivity index (χ4n) is 1.14. The normalized spacial score (nSPS) is 11.0. The molecule has 5 nitrogen and oxygen atoms in total. The minimum absolute atomic E-state index is 0.790. The van der Waals surface area contributed by atoms with Gasteiger partial charge in [0, 0.05) is 7.05 Å². The number of aromatic nitrogens is 5. The molecular formula is C8H11N5S. The number of rotatable bonds is 3. The number of fused-ring (bicyclic) bond motifs is 1. The first-order valence-electron chi connectivity index (χ1n) is 4.46. The zero-order valence-corrected chi connectivity index (χ0v) is 8.95. The van der Waals surface area contributed by atoms with Gasteiger partial charge >= 0.3 is 0 Å². The molecule has 0 aliphatic rings. The summed E-state index contributed by atoms with van der Waals surface area (Å²) < 4.78 is 1.66. The van der Waals surface area contributed by atoms with Crippen molar-refractivity contribution in [2.45, 2.75) is 18.4 Å². The molecule has 0 N–H and O–H groups in total. The summed E-state index contributed by atoms with van der Waals surface area (Å²) in [5.74, 6) is 1.04. The van der Waals surface area contributed by atoms with Crippen LogP contribution in [0.4, 0.5) is 0 Å². The van der Waals surface area contributed by atoms with Crippen LogP contribution in [0, 0.1) is 0 Å². The molecule has 0 saturated heterocycles. The van der Waals surface area contributed by atoms with Crippen LogP contribution in [0.2, 0.25) is 0 Å². The van der Waals surface area contributed by atoms with E-state index in [1.165, 1.54) is 0 Å². The van der Waals surface area contributed by atoms with Crippen molar-refractivity contribution >= 4 is 22.9 Å². The third-order valence-corrected chi connectivity index (χ3v) is 2.98. The van der Waals surface area contributed by atoms with Crippen LogP contribution < -0.4 is 0 Å². The Bertz CT molecular complexity index is 438. The van der Waals surface area contributed by atoms with E-state index in [1.807, 2.05) is 7.05 Å². The molecule has 2 heterocycles. The second-order valence-corrected chi connectivity index (χ2v) is 4.00. The van der Waals surface area contributed by atoms with Crippen molar-refractivity contribution in [3.05, 3.63) is 6.33 Å². The molecule has 0 amide bonds. The maximum absolute atomic E-state index is 4.19. The third-order valence-electron chi connectivity index (χ3n) is 1.80. The molecule has 14 heavy (non-hydrogen) atoms.